The molecule has 10 rings (SSSR count). The van der Waals surface area contributed by atoms with E-state index in [4.69, 9.17) is 4.42 Å². The van der Waals surface area contributed by atoms with Crippen molar-refractivity contribution in [2.24, 2.45) is 0 Å². The third kappa shape index (κ3) is 4.02. The van der Waals surface area contributed by atoms with Crippen molar-refractivity contribution in [2.75, 3.05) is 4.90 Å². The Labute approximate surface area is 293 Å². The van der Waals surface area contributed by atoms with Crippen LogP contribution in [0.4, 0.5) is 17.1 Å². The Hall–Kier alpha value is -5.86. The van der Waals surface area contributed by atoms with E-state index in [-0.39, 0.29) is 10.8 Å². The lowest BCUT2D eigenvalue weighted by atomic mass is 9.82. The lowest BCUT2D eigenvalue weighted by Crippen LogP contribution is -2.17. The van der Waals surface area contributed by atoms with Crippen molar-refractivity contribution >= 4 is 39.0 Å². The Morgan fingerprint density at radius 1 is 0.400 bits per heavy atom. The molecule has 0 bridgehead atoms. The van der Waals surface area contributed by atoms with Gasteiger partial charge in [-0.1, -0.05) is 131 Å². The van der Waals surface area contributed by atoms with E-state index >= 15 is 0 Å². The molecule has 0 fully saturated rings. The van der Waals surface area contributed by atoms with Crippen molar-refractivity contribution in [3.63, 3.8) is 0 Å². The molecule has 240 valence electrons. The lowest BCUT2D eigenvalue weighted by Gasteiger charge is -2.29. The molecule has 7 aromatic carbocycles. The van der Waals surface area contributed by atoms with E-state index in [2.05, 4.69) is 172 Å². The Morgan fingerprint density at radius 3 is 1.72 bits per heavy atom. The lowest BCUT2D eigenvalue weighted by molar-refractivity contribution is 0.660. The van der Waals surface area contributed by atoms with Crippen molar-refractivity contribution in [3.8, 4) is 33.4 Å². The molecule has 0 radical (unpaired) electrons. The summed E-state index contributed by atoms with van der Waals surface area (Å²) in [5, 5.41) is 2.31. The largest absolute Gasteiger partial charge is 0.456 e. The Bertz CT molecular complexity index is 2650. The highest BCUT2D eigenvalue weighted by atomic mass is 16.3. The maximum absolute atomic E-state index is 6.24. The second-order valence-corrected chi connectivity index (χ2v) is 15.0. The zero-order valence-corrected chi connectivity index (χ0v) is 28.8. The van der Waals surface area contributed by atoms with Gasteiger partial charge in [-0.05, 0) is 104 Å². The van der Waals surface area contributed by atoms with E-state index in [9.17, 15) is 0 Å². The van der Waals surface area contributed by atoms with Crippen LogP contribution in [-0.4, -0.2) is 0 Å². The average molecular weight is 644 g/mol. The highest BCUT2D eigenvalue weighted by Gasteiger charge is 2.37. The van der Waals surface area contributed by atoms with Gasteiger partial charge in [0.15, 0.2) is 0 Å². The van der Waals surface area contributed by atoms with Crippen LogP contribution in [0, 0.1) is 0 Å². The molecule has 50 heavy (non-hydrogen) atoms. The first kappa shape index (κ1) is 29.1. The summed E-state index contributed by atoms with van der Waals surface area (Å²) < 4.78 is 6.24. The van der Waals surface area contributed by atoms with Crippen molar-refractivity contribution in [3.05, 3.63) is 174 Å². The van der Waals surface area contributed by atoms with E-state index < -0.39 is 0 Å². The number of hydrogen-bond donors (Lipinski definition) is 0. The van der Waals surface area contributed by atoms with Crippen LogP contribution >= 0.6 is 0 Å². The maximum atomic E-state index is 6.24. The molecule has 1 aromatic heterocycles. The van der Waals surface area contributed by atoms with E-state index in [0.29, 0.717) is 0 Å². The molecule has 2 aliphatic carbocycles. The number of rotatable bonds is 4. The van der Waals surface area contributed by atoms with Crippen LogP contribution in [0.3, 0.4) is 0 Å². The van der Waals surface area contributed by atoms with Crippen molar-refractivity contribution in [1.82, 2.24) is 0 Å². The fourth-order valence-corrected chi connectivity index (χ4v) is 8.93. The molecule has 0 aliphatic heterocycles. The van der Waals surface area contributed by atoms with E-state index in [1.54, 1.807) is 0 Å². The van der Waals surface area contributed by atoms with Gasteiger partial charge in [-0.25, -0.2) is 0 Å². The molecule has 0 spiro atoms. The van der Waals surface area contributed by atoms with Crippen LogP contribution in [0.25, 0.3) is 55.3 Å². The molecule has 0 atom stereocenters. The summed E-state index contributed by atoms with van der Waals surface area (Å²) in [5.74, 6) is 0. The highest BCUT2D eigenvalue weighted by Crippen LogP contribution is 2.53. The monoisotopic (exact) mass is 643 g/mol. The number of hydrogen-bond acceptors (Lipinski definition) is 2. The van der Waals surface area contributed by atoms with Crippen LogP contribution < -0.4 is 4.90 Å². The van der Waals surface area contributed by atoms with Gasteiger partial charge in [-0.2, -0.15) is 0 Å². The molecule has 8 aromatic rings. The predicted molar refractivity (Wildman–Crippen MR) is 209 cm³/mol. The predicted octanol–water partition coefficient (Wildman–Crippen LogP) is 13.3. The van der Waals surface area contributed by atoms with Crippen LogP contribution in [0.1, 0.15) is 49.9 Å². The minimum absolute atomic E-state index is 0.0431. The number of nitrogens with zero attached hydrogens (tertiary/aromatic N) is 1. The van der Waals surface area contributed by atoms with Crippen LogP contribution in [0.5, 0.6) is 0 Å². The van der Waals surface area contributed by atoms with E-state index in [1.807, 2.05) is 12.1 Å². The summed E-state index contributed by atoms with van der Waals surface area (Å²) in [7, 11) is 0. The molecule has 2 aliphatic rings. The molecule has 0 N–H and O–H groups in total. The smallest absolute Gasteiger partial charge is 0.136 e. The molecule has 1 heterocycles. The maximum Gasteiger partial charge on any atom is 0.136 e. The van der Waals surface area contributed by atoms with Gasteiger partial charge in [0.2, 0.25) is 0 Å². The molecule has 0 unspecified atom stereocenters. The third-order valence-corrected chi connectivity index (χ3v) is 11.5. The van der Waals surface area contributed by atoms with Crippen molar-refractivity contribution < 1.29 is 4.42 Å². The van der Waals surface area contributed by atoms with Gasteiger partial charge in [-0.15, -0.1) is 0 Å². The minimum atomic E-state index is -0.0928. The molecule has 0 amide bonds. The van der Waals surface area contributed by atoms with Crippen molar-refractivity contribution in [1.29, 1.82) is 0 Å². The summed E-state index contributed by atoms with van der Waals surface area (Å²) >= 11 is 0. The number of fused-ring (bicyclic) bond motifs is 9. The standard InChI is InChI=1S/C48H37NO/c1-47(2)41-17-9-6-13-36(41)39-28-32(25-27-42(39)47)49(33-24-26-37-35-12-5-8-16-40(35)48(3,4)43(37)29-33)31-22-20-30(21-23-31)34-15-11-19-45-46(34)38-14-7-10-18-44(38)50-45/h5-29H,1-4H3. The number of furan rings is 1. The molecule has 2 nitrogen and oxygen atoms in total. The zero-order chi connectivity index (χ0) is 33.8. The summed E-state index contributed by atoms with van der Waals surface area (Å²) in [6, 6.07) is 55.6. The topological polar surface area (TPSA) is 16.4 Å². The summed E-state index contributed by atoms with van der Waals surface area (Å²) in [6.45, 7) is 9.40. The fraction of sp³-hybridized carbons (Fsp3) is 0.125. The first-order valence-electron chi connectivity index (χ1n) is 17.6. The molecular formula is C48H37NO. The Kier molecular flexibility index (Phi) is 6.01. The average Bonchev–Trinajstić information content (AvgIpc) is 3.72. The van der Waals surface area contributed by atoms with E-state index in [0.717, 1.165) is 39.0 Å². The molecule has 0 saturated carbocycles. The third-order valence-electron chi connectivity index (χ3n) is 11.5. The number of anilines is 3. The van der Waals surface area contributed by atoms with Crippen LogP contribution in [0.2, 0.25) is 0 Å². The van der Waals surface area contributed by atoms with Gasteiger partial charge in [0, 0.05) is 38.7 Å². The van der Waals surface area contributed by atoms with Gasteiger partial charge in [0.1, 0.15) is 11.2 Å². The SMILES string of the molecule is CC1(C)c2ccccc2-c2cc(N(c3ccc(-c4cccc5oc6ccccc6c45)cc3)c3ccc4c(c3)C(C)(C)c3ccccc3-4)ccc21. The van der Waals surface area contributed by atoms with E-state index in [1.165, 1.54) is 55.6 Å². The van der Waals surface area contributed by atoms with Crippen LogP contribution in [-0.2, 0) is 10.8 Å². The zero-order valence-electron chi connectivity index (χ0n) is 28.8. The summed E-state index contributed by atoms with van der Waals surface area (Å²) in [6.07, 6.45) is 0. The molecule has 0 saturated heterocycles. The quantitative estimate of drug-likeness (QED) is 0.190. The van der Waals surface area contributed by atoms with Gasteiger partial charge >= 0.3 is 0 Å². The number of benzene rings is 7. The van der Waals surface area contributed by atoms with Gasteiger partial charge < -0.3 is 9.32 Å². The normalized spacial score (nSPS) is 14.7. The second-order valence-electron chi connectivity index (χ2n) is 15.0. The van der Waals surface area contributed by atoms with Crippen molar-refractivity contribution in [2.45, 2.75) is 38.5 Å². The Morgan fingerprint density at radius 2 is 0.940 bits per heavy atom. The highest BCUT2D eigenvalue weighted by molar-refractivity contribution is 6.12. The Balaban J connectivity index is 1.15. The summed E-state index contributed by atoms with van der Waals surface area (Å²) in [5.41, 5.74) is 18.3. The first-order chi connectivity index (χ1) is 24.3. The minimum Gasteiger partial charge on any atom is -0.456 e. The first-order valence-corrected chi connectivity index (χ1v) is 17.6. The van der Waals surface area contributed by atoms with Gasteiger partial charge in [-0.3, -0.25) is 0 Å². The molecular weight excluding hydrogens is 607 g/mol. The fourth-order valence-electron chi connectivity index (χ4n) is 8.93. The molecule has 2 heteroatoms. The summed E-state index contributed by atoms with van der Waals surface area (Å²) in [4.78, 5) is 2.44. The van der Waals surface area contributed by atoms with Gasteiger partial charge in [0.25, 0.3) is 0 Å². The van der Waals surface area contributed by atoms with Crippen LogP contribution in [0.15, 0.2) is 156 Å². The second kappa shape index (κ2) is 10.3. The van der Waals surface area contributed by atoms with Gasteiger partial charge in [0.05, 0.1) is 0 Å². The number of para-hydroxylation sites is 1.